The van der Waals surface area contributed by atoms with Crippen molar-refractivity contribution in [1.82, 2.24) is 4.98 Å². The summed E-state index contributed by atoms with van der Waals surface area (Å²) in [5.41, 5.74) is 3.66. The monoisotopic (exact) mass is 218 g/mol. The fourth-order valence-corrected chi connectivity index (χ4v) is 2.21. The van der Waals surface area contributed by atoms with E-state index in [0.717, 1.165) is 5.69 Å². The zero-order valence-corrected chi connectivity index (χ0v) is 9.71. The van der Waals surface area contributed by atoms with Crippen molar-refractivity contribution in [3.63, 3.8) is 0 Å². The summed E-state index contributed by atoms with van der Waals surface area (Å²) >= 11 is 1.73. The average Bonchev–Trinajstić information content (AvgIpc) is 2.74. The number of nitrogens with zero attached hydrogens (tertiary/aromatic N) is 1. The Balaban J connectivity index is 2.13. The molecule has 0 amide bonds. The molecular formula is C12H14N2S. The first-order chi connectivity index (χ1) is 7.27. The molecule has 2 heterocycles. The van der Waals surface area contributed by atoms with Crippen molar-refractivity contribution >= 4 is 17.0 Å². The van der Waals surface area contributed by atoms with Gasteiger partial charge in [-0.3, -0.25) is 4.98 Å². The van der Waals surface area contributed by atoms with Gasteiger partial charge in [-0.25, -0.2) is 0 Å². The Morgan fingerprint density at radius 1 is 1.40 bits per heavy atom. The molecule has 0 bridgehead atoms. The van der Waals surface area contributed by atoms with E-state index in [2.05, 4.69) is 41.0 Å². The van der Waals surface area contributed by atoms with Crippen LogP contribution in [0.5, 0.6) is 0 Å². The van der Waals surface area contributed by atoms with Crippen LogP contribution in [0.15, 0.2) is 35.3 Å². The van der Waals surface area contributed by atoms with Gasteiger partial charge in [0.25, 0.3) is 0 Å². The zero-order chi connectivity index (χ0) is 10.7. The first-order valence-corrected chi connectivity index (χ1v) is 5.91. The van der Waals surface area contributed by atoms with Gasteiger partial charge >= 0.3 is 0 Å². The van der Waals surface area contributed by atoms with E-state index in [1.54, 1.807) is 11.3 Å². The molecule has 0 aliphatic rings. The SMILES string of the molecule is Cc1ccncc1NC(C)c1ccsc1. The Hall–Kier alpha value is -1.35. The molecule has 2 aromatic rings. The molecule has 0 fully saturated rings. The van der Waals surface area contributed by atoms with Crippen molar-refractivity contribution < 1.29 is 0 Å². The van der Waals surface area contributed by atoms with E-state index in [9.17, 15) is 0 Å². The maximum atomic E-state index is 4.12. The van der Waals surface area contributed by atoms with Crippen molar-refractivity contribution in [3.8, 4) is 0 Å². The van der Waals surface area contributed by atoms with Crippen molar-refractivity contribution in [3.05, 3.63) is 46.4 Å². The molecule has 2 aromatic heterocycles. The van der Waals surface area contributed by atoms with E-state index < -0.39 is 0 Å². The van der Waals surface area contributed by atoms with Gasteiger partial charge in [0.05, 0.1) is 11.9 Å². The summed E-state index contributed by atoms with van der Waals surface area (Å²) in [7, 11) is 0. The van der Waals surface area contributed by atoms with E-state index in [4.69, 9.17) is 0 Å². The van der Waals surface area contributed by atoms with E-state index in [0.29, 0.717) is 6.04 Å². The molecule has 0 spiro atoms. The number of hydrogen-bond donors (Lipinski definition) is 1. The summed E-state index contributed by atoms with van der Waals surface area (Å²) in [6.07, 6.45) is 3.69. The minimum Gasteiger partial charge on any atom is -0.377 e. The van der Waals surface area contributed by atoms with Crippen LogP contribution in [0.2, 0.25) is 0 Å². The molecule has 15 heavy (non-hydrogen) atoms. The van der Waals surface area contributed by atoms with Crippen molar-refractivity contribution in [1.29, 1.82) is 0 Å². The predicted molar refractivity (Wildman–Crippen MR) is 65.3 cm³/mol. The first kappa shape index (κ1) is 10.2. The zero-order valence-electron chi connectivity index (χ0n) is 8.90. The molecule has 0 aliphatic heterocycles. The van der Waals surface area contributed by atoms with Gasteiger partial charge in [0.2, 0.25) is 0 Å². The Labute approximate surface area is 94.0 Å². The second-order valence-corrected chi connectivity index (χ2v) is 4.39. The third-order valence-electron chi connectivity index (χ3n) is 2.45. The van der Waals surface area contributed by atoms with Crippen LogP contribution in [0.3, 0.4) is 0 Å². The number of aromatic nitrogens is 1. The molecule has 1 unspecified atom stereocenters. The lowest BCUT2D eigenvalue weighted by molar-refractivity contribution is 0.886. The molecular weight excluding hydrogens is 204 g/mol. The van der Waals surface area contributed by atoms with Crippen LogP contribution < -0.4 is 5.32 Å². The van der Waals surface area contributed by atoms with Crippen LogP contribution >= 0.6 is 11.3 Å². The summed E-state index contributed by atoms with van der Waals surface area (Å²) in [5.74, 6) is 0. The summed E-state index contributed by atoms with van der Waals surface area (Å²) in [6.45, 7) is 4.25. The smallest absolute Gasteiger partial charge is 0.0561 e. The van der Waals surface area contributed by atoms with Crippen LogP contribution in [-0.2, 0) is 0 Å². The molecule has 0 aromatic carbocycles. The normalized spacial score (nSPS) is 12.4. The van der Waals surface area contributed by atoms with Crippen LogP contribution in [0.25, 0.3) is 0 Å². The van der Waals surface area contributed by atoms with Gasteiger partial charge in [-0.2, -0.15) is 11.3 Å². The highest BCUT2D eigenvalue weighted by Crippen LogP contribution is 2.22. The Morgan fingerprint density at radius 3 is 2.93 bits per heavy atom. The molecule has 0 radical (unpaired) electrons. The fourth-order valence-electron chi connectivity index (χ4n) is 1.45. The Morgan fingerprint density at radius 2 is 2.27 bits per heavy atom. The Kier molecular flexibility index (Phi) is 3.02. The minimum atomic E-state index is 0.333. The molecule has 2 nitrogen and oxygen atoms in total. The van der Waals surface area contributed by atoms with Crippen molar-refractivity contribution in [2.24, 2.45) is 0 Å². The molecule has 0 saturated carbocycles. The molecule has 2 rings (SSSR count). The fraction of sp³-hybridized carbons (Fsp3) is 0.250. The summed E-state index contributed by atoms with van der Waals surface area (Å²) in [4.78, 5) is 4.12. The second-order valence-electron chi connectivity index (χ2n) is 3.61. The van der Waals surface area contributed by atoms with Crippen molar-refractivity contribution in [2.75, 3.05) is 5.32 Å². The number of thiophene rings is 1. The van der Waals surface area contributed by atoms with Crippen LogP contribution in [0.1, 0.15) is 24.1 Å². The second kappa shape index (κ2) is 4.45. The van der Waals surface area contributed by atoms with E-state index in [-0.39, 0.29) is 0 Å². The average molecular weight is 218 g/mol. The number of anilines is 1. The van der Waals surface area contributed by atoms with Gasteiger partial charge in [0, 0.05) is 12.2 Å². The highest BCUT2D eigenvalue weighted by molar-refractivity contribution is 7.07. The molecule has 1 N–H and O–H groups in total. The number of rotatable bonds is 3. The lowest BCUT2D eigenvalue weighted by atomic mass is 10.1. The van der Waals surface area contributed by atoms with Crippen LogP contribution in [0, 0.1) is 6.92 Å². The maximum Gasteiger partial charge on any atom is 0.0561 e. The quantitative estimate of drug-likeness (QED) is 0.851. The van der Waals surface area contributed by atoms with Crippen LogP contribution in [0.4, 0.5) is 5.69 Å². The van der Waals surface area contributed by atoms with E-state index in [1.807, 2.05) is 18.5 Å². The van der Waals surface area contributed by atoms with E-state index in [1.165, 1.54) is 11.1 Å². The highest BCUT2D eigenvalue weighted by Gasteiger charge is 2.06. The maximum absolute atomic E-state index is 4.12. The molecule has 0 saturated heterocycles. The molecule has 0 aliphatic carbocycles. The molecule has 78 valence electrons. The summed E-state index contributed by atoms with van der Waals surface area (Å²) in [6, 6.07) is 4.50. The highest BCUT2D eigenvalue weighted by atomic mass is 32.1. The lowest BCUT2D eigenvalue weighted by Gasteiger charge is -2.15. The standard InChI is InChI=1S/C12H14N2S/c1-9-3-5-13-7-12(9)14-10(2)11-4-6-15-8-11/h3-8,10,14H,1-2H3. The predicted octanol–water partition coefficient (Wildman–Crippen LogP) is 3.62. The van der Waals surface area contributed by atoms with Gasteiger partial charge in [-0.05, 0) is 47.9 Å². The van der Waals surface area contributed by atoms with Gasteiger partial charge in [0.15, 0.2) is 0 Å². The minimum absolute atomic E-state index is 0.333. The lowest BCUT2D eigenvalue weighted by Crippen LogP contribution is -2.06. The van der Waals surface area contributed by atoms with Gasteiger partial charge < -0.3 is 5.32 Å². The van der Waals surface area contributed by atoms with Gasteiger partial charge in [-0.15, -0.1) is 0 Å². The number of nitrogens with one attached hydrogen (secondary N) is 1. The molecule has 3 heteroatoms. The Bertz CT molecular complexity index is 423. The number of pyridine rings is 1. The first-order valence-electron chi connectivity index (χ1n) is 4.96. The summed E-state index contributed by atoms with van der Waals surface area (Å²) < 4.78 is 0. The third kappa shape index (κ3) is 2.36. The summed E-state index contributed by atoms with van der Waals surface area (Å²) in [5, 5.41) is 7.73. The van der Waals surface area contributed by atoms with Crippen LogP contribution in [-0.4, -0.2) is 4.98 Å². The van der Waals surface area contributed by atoms with E-state index >= 15 is 0 Å². The number of hydrogen-bond acceptors (Lipinski definition) is 3. The van der Waals surface area contributed by atoms with Gasteiger partial charge in [-0.1, -0.05) is 0 Å². The van der Waals surface area contributed by atoms with Gasteiger partial charge in [0.1, 0.15) is 0 Å². The largest absolute Gasteiger partial charge is 0.377 e. The molecule has 1 atom stereocenters. The van der Waals surface area contributed by atoms with Crippen molar-refractivity contribution in [2.45, 2.75) is 19.9 Å². The third-order valence-corrected chi connectivity index (χ3v) is 3.16. The number of aryl methyl sites for hydroxylation is 1. The topological polar surface area (TPSA) is 24.9 Å².